The lowest BCUT2D eigenvalue weighted by atomic mass is 10.0. The summed E-state index contributed by atoms with van der Waals surface area (Å²) in [6.45, 7) is 9.06. The molecular weight excluding hydrogens is 538 g/mol. The van der Waals surface area contributed by atoms with Crippen LogP contribution in [0.4, 0.5) is 5.69 Å². The summed E-state index contributed by atoms with van der Waals surface area (Å²) in [5.74, 6) is -0.503. The molecule has 9 heteroatoms. The van der Waals surface area contributed by atoms with Gasteiger partial charge in [0.05, 0.1) is 19.1 Å². The van der Waals surface area contributed by atoms with Crippen molar-refractivity contribution in [2.45, 2.75) is 59.2 Å². The lowest BCUT2D eigenvalue weighted by Crippen LogP contribution is -2.56. The number of rotatable bonds is 11. The summed E-state index contributed by atoms with van der Waals surface area (Å²) in [6.07, 6.45) is 1.31. The third-order valence-electron chi connectivity index (χ3n) is 6.49. The number of amides is 2. The van der Waals surface area contributed by atoms with E-state index in [1.807, 2.05) is 89.2 Å². The van der Waals surface area contributed by atoms with Gasteiger partial charge in [-0.25, -0.2) is 8.42 Å². The lowest BCUT2D eigenvalue weighted by molar-refractivity contribution is -0.140. The monoisotopic (exact) mass is 579 g/mol. The molecule has 0 bridgehead atoms. The number of aryl methyl sites for hydroxylation is 2. The average Bonchev–Trinajstić information content (AvgIpc) is 2.88. The minimum atomic E-state index is -3.90. The standard InChI is InChI=1S/C32H41N3O5S/c1-23-12-11-15-26(18-23)21-34(28(31(37)33-32(3,4)5)20-25-13-9-8-10-14-25)30(36)22-35(41(7,38)39)27-19-24(2)16-17-29(27)40-6/h8-19,28H,20-22H2,1-7H3,(H,33,37)/t28-/m0/s1. The van der Waals surface area contributed by atoms with Gasteiger partial charge >= 0.3 is 0 Å². The average molecular weight is 580 g/mol. The van der Waals surface area contributed by atoms with Gasteiger partial charge in [-0.15, -0.1) is 0 Å². The largest absolute Gasteiger partial charge is 0.495 e. The zero-order valence-corrected chi connectivity index (χ0v) is 25.8. The molecule has 0 unspecified atom stereocenters. The van der Waals surface area contributed by atoms with E-state index < -0.39 is 34.1 Å². The Morgan fingerprint density at radius 3 is 2.12 bits per heavy atom. The predicted octanol–water partition coefficient (Wildman–Crippen LogP) is 4.63. The van der Waals surface area contributed by atoms with Crippen LogP contribution in [-0.4, -0.2) is 56.6 Å². The van der Waals surface area contributed by atoms with Crippen LogP contribution in [0.3, 0.4) is 0 Å². The molecule has 0 aliphatic carbocycles. The second-order valence-electron chi connectivity index (χ2n) is 11.4. The fourth-order valence-electron chi connectivity index (χ4n) is 4.60. The molecule has 0 aliphatic heterocycles. The van der Waals surface area contributed by atoms with Crippen LogP contribution in [0.5, 0.6) is 5.75 Å². The Hall–Kier alpha value is -3.85. The van der Waals surface area contributed by atoms with Crippen LogP contribution in [0.15, 0.2) is 72.8 Å². The van der Waals surface area contributed by atoms with Crippen LogP contribution in [-0.2, 0) is 32.6 Å². The Morgan fingerprint density at radius 2 is 1.54 bits per heavy atom. The molecule has 0 spiro atoms. The van der Waals surface area contributed by atoms with Crippen molar-refractivity contribution in [1.82, 2.24) is 10.2 Å². The number of nitrogens with zero attached hydrogens (tertiary/aromatic N) is 2. The zero-order chi connectivity index (χ0) is 30.4. The first-order valence-corrected chi connectivity index (χ1v) is 15.4. The van der Waals surface area contributed by atoms with Gasteiger partial charge in [-0.1, -0.05) is 66.2 Å². The minimum Gasteiger partial charge on any atom is -0.495 e. The fourth-order valence-corrected chi connectivity index (χ4v) is 5.45. The van der Waals surface area contributed by atoms with Crippen molar-refractivity contribution in [3.05, 3.63) is 95.1 Å². The molecule has 0 saturated heterocycles. The molecule has 0 heterocycles. The number of methoxy groups -OCH3 is 1. The summed E-state index contributed by atoms with van der Waals surface area (Å²) in [6, 6.07) is 21.4. The van der Waals surface area contributed by atoms with Crippen molar-refractivity contribution < 1.29 is 22.7 Å². The Labute approximate surface area is 244 Å². The van der Waals surface area contributed by atoms with Crippen molar-refractivity contribution in [3.63, 3.8) is 0 Å². The van der Waals surface area contributed by atoms with Crippen LogP contribution in [0.25, 0.3) is 0 Å². The van der Waals surface area contributed by atoms with Gasteiger partial charge in [0.2, 0.25) is 21.8 Å². The van der Waals surface area contributed by atoms with Gasteiger partial charge < -0.3 is 15.0 Å². The molecule has 0 aromatic heterocycles. The number of nitrogens with one attached hydrogen (secondary N) is 1. The van der Waals surface area contributed by atoms with Gasteiger partial charge in [0.1, 0.15) is 18.3 Å². The Morgan fingerprint density at radius 1 is 0.902 bits per heavy atom. The Balaban J connectivity index is 2.12. The maximum Gasteiger partial charge on any atom is 0.244 e. The molecule has 8 nitrogen and oxygen atoms in total. The van der Waals surface area contributed by atoms with Gasteiger partial charge in [-0.2, -0.15) is 0 Å². The highest BCUT2D eigenvalue weighted by Crippen LogP contribution is 2.31. The molecule has 41 heavy (non-hydrogen) atoms. The van der Waals surface area contributed by atoms with Crippen LogP contribution >= 0.6 is 0 Å². The Bertz CT molecular complexity index is 1470. The van der Waals surface area contributed by atoms with E-state index in [2.05, 4.69) is 5.32 Å². The van der Waals surface area contributed by atoms with Crippen LogP contribution in [0.2, 0.25) is 0 Å². The lowest BCUT2D eigenvalue weighted by Gasteiger charge is -2.35. The molecule has 220 valence electrons. The van der Waals surface area contributed by atoms with E-state index in [1.165, 1.54) is 12.0 Å². The number of anilines is 1. The maximum atomic E-state index is 14.2. The van der Waals surface area contributed by atoms with E-state index in [-0.39, 0.29) is 24.6 Å². The number of ether oxygens (including phenoxy) is 1. The summed E-state index contributed by atoms with van der Waals surface area (Å²) < 4.78 is 32.6. The summed E-state index contributed by atoms with van der Waals surface area (Å²) >= 11 is 0. The molecule has 0 radical (unpaired) electrons. The Kier molecular flexibility index (Phi) is 10.2. The highest BCUT2D eigenvalue weighted by atomic mass is 32.2. The fraction of sp³-hybridized carbons (Fsp3) is 0.375. The second kappa shape index (κ2) is 13.2. The number of carbonyl (C=O) groups excluding carboxylic acids is 2. The van der Waals surface area contributed by atoms with E-state index >= 15 is 0 Å². The number of sulfonamides is 1. The van der Waals surface area contributed by atoms with Gasteiger partial charge in [-0.3, -0.25) is 13.9 Å². The highest BCUT2D eigenvalue weighted by Gasteiger charge is 2.35. The van der Waals surface area contributed by atoms with Crippen molar-refractivity contribution in [2.75, 3.05) is 24.2 Å². The van der Waals surface area contributed by atoms with E-state index in [4.69, 9.17) is 4.74 Å². The van der Waals surface area contributed by atoms with E-state index in [9.17, 15) is 18.0 Å². The number of benzene rings is 3. The maximum absolute atomic E-state index is 14.2. The van der Waals surface area contributed by atoms with E-state index in [1.54, 1.807) is 18.2 Å². The first kappa shape index (κ1) is 31.7. The molecule has 2 amide bonds. The van der Waals surface area contributed by atoms with Crippen molar-refractivity contribution >= 4 is 27.5 Å². The number of carbonyl (C=O) groups is 2. The van der Waals surface area contributed by atoms with Crippen LogP contribution in [0.1, 0.15) is 43.0 Å². The molecule has 0 saturated carbocycles. The molecule has 3 rings (SSSR count). The van der Waals surface area contributed by atoms with Crippen molar-refractivity contribution in [1.29, 1.82) is 0 Å². The molecule has 3 aromatic carbocycles. The SMILES string of the molecule is COc1ccc(C)cc1N(CC(=O)N(Cc1cccc(C)c1)[C@@H](Cc1ccccc1)C(=O)NC(C)(C)C)S(C)(=O)=O. The summed E-state index contributed by atoms with van der Waals surface area (Å²) in [7, 11) is -2.45. The summed E-state index contributed by atoms with van der Waals surface area (Å²) in [4.78, 5) is 29.5. The van der Waals surface area contributed by atoms with E-state index in [0.717, 1.165) is 32.8 Å². The first-order chi connectivity index (χ1) is 19.2. The molecule has 1 N–H and O–H groups in total. The quantitative estimate of drug-likeness (QED) is 0.357. The van der Waals surface area contributed by atoms with Crippen molar-refractivity contribution in [2.24, 2.45) is 0 Å². The highest BCUT2D eigenvalue weighted by molar-refractivity contribution is 7.92. The topological polar surface area (TPSA) is 96.0 Å². The predicted molar refractivity (Wildman–Crippen MR) is 163 cm³/mol. The number of hydrogen-bond acceptors (Lipinski definition) is 5. The van der Waals surface area contributed by atoms with Crippen LogP contribution in [0, 0.1) is 13.8 Å². The molecule has 0 aliphatic rings. The molecule has 3 aromatic rings. The van der Waals surface area contributed by atoms with Gasteiger partial charge in [0.25, 0.3) is 0 Å². The van der Waals surface area contributed by atoms with Gasteiger partial charge in [-0.05, 0) is 63.4 Å². The molecule has 0 fully saturated rings. The molecular formula is C32H41N3O5S. The molecule has 1 atom stereocenters. The summed E-state index contributed by atoms with van der Waals surface area (Å²) in [5.41, 5.74) is 3.25. The van der Waals surface area contributed by atoms with E-state index in [0.29, 0.717) is 5.75 Å². The normalized spacial score (nSPS) is 12.4. The zero-order valence-electron chi connectivity index (χ0n) is 25.0. The first-order valence-electron chi connectivity index (χ1n) is 13.5. The van der Waals surface area contributed by atoms with Crippen LogP contribution < -0.4 is 14.4 Å². The van der Waals surface area contributed by atoms with Gasteiger partial charge in [0, 0.05) is 18.5 Å². The van der Waals surface area contributed by atoms with Crippen molar-refractivity contribution in [3.8, 4) is 5.75 Å². The van der Waals surface area contributed by atoms with Gasteiger partial charge in [0.15, 0.2) is 0 Å². The number of hydrogen-bond donors (Lipinski definition) is 1. The third kappa shape index (κ3) is 9.08. The second-order valence-corrected chi connectivity index (χ2v) is 13.3. The summed E-state index contributed by atoms with van der Waals surface area (Å²) in [5, 5.41) is 3.03. The third-order valence-corrected chi connectivity index (χ3v) is 7.61. The minimum absolute atomic E-state index is 0.123. The smallest absolute Gasteiger partial charge is 0.244 e.